The van der Waals surface area contributed by atoms with E-state index in [-0.39, 0.29) is 5.41 Å². The van der Waals surface area contributed by atoms with Gasteiger partial charge in [0.05, 0.1) is 11.6 Å². The third-order valence-corrected chi connectivity index (χ3v) is 9.48. The molecule has 2 bridgehead atoms. The van der Waals surface area contributed by atoms with Crippen LogP contribution in [0.4, 0.5) is 0 Å². The van der Waals surface area contributed by atoms with Crippen LogP contribution in [0.1, 0.15) is 57.1 Å². The average Bonchev–Trinajstić information content (AvgIpc) is 3.04. The second-order valence-corrected chi connectivity index (χ2v) is 13.0. The summed E-state index contributed by atoms with van der Waals surface area (Å²) in [4.78, 5) is 15.1. The van der Waals surface area contributed by atoms with E-state index in [0.29, 0.717) is 34.9 Å². The highest BCUT2D eigenvalue weighted by Crippen LogP contribution is 2.54. The molecule has 0 N–H and O–H groups in total. The van der Waals surface area contributed by atoms with E-state index in [1.807, 2.05) is 48.5 Å². The van der Waals surface area contributed by atoms with Gasteiger partial charge in [0.15, 0.2) is 17.5 Å². The first kappa shape index (κ1) is 27.2. The monoisotopic (exact) mass is 560 g/mol. The van der Waals surface area contributed by atoms with Crippen LogP contribution in [0.5, 0.6) is 0 Å². The van der Waals surface area contributed by atoms with E-state index in [4.69, 9.17) is 15.0 Å². The number of fused-ring (bicyclic) bond motifs is 2. The second kappa shape index (κ2) is 11.2. The summed E-state index contributed by atoms with van der Waals surface area (Å²) in [5, 5.41) is 9.42. The molecule has 1 aromatic heterocycles. The highest BCUT2D eigenvalue weighted by Gasteiger charge is 2.45. The predicted octanol–water partition coefficient (Wildman–Crippen LogP) is 9.52. The number of nitriles is 1. The first-order chi connectivity index (χ1) is 21.0. The number of nitrogens with zero attached hydrogens (tertiary/aromatic N) is 4. The second-order valence-electron chi connectivity index (χ2n) is 13.0. The number of hydrogen-bond acceptors (Lipinski definition) is 4. The molecule has 212 valence electrons. The van der Waals surface area contributed by atoms with Crippen LogP contribution in [0.2, 0.25) is 0 Å². The standard InChI is InChI=1S/C39H36N4/c1-26-17-29-18-27(2)23-39(22-26,24-29)35-20-33(30-15-13-28(25-40)14-16-30)19-34(21-35)38-42-36(31-9-5-3-6-10-31)41-37(43-38)32-11-7-4-8-12-32/h3-16,19-21,26-27,29H,17-18,22-24H2,1-2H3/t26-,27+,29?,39?. The van der Waals surface area contributed by atoms with Crippen LogP contribution < -0.4 is 0 Å². The molecule has 2 aliphatic carbocycles. The molecular formula is C39H36N4. The maximum absolute atomic E-state index is 9.42. The summed E-state index contributed by atoms with van der Waals surface area (Å²) in [5.74, 6) is 4.22. The van der Waals surface area contributed by atoms with Crippen molar-refractivity contribution in [3.63, 3.8) is 0 Å². The maximum Gasteiger partial charge on any atom is 0.164 e. The smallest absolute Gasteiger partial charge is 0.164 e. The molecule has 5 aromatic rings. The van der Waals surface area contributed by atoms with E-state index < -0.39 is 0 Å². The summed E-state index contributed by atoms with van der Waals surface area (Å²) in [6.45, 7) is 4.87. The number of aromatic nitrogens is 3. The minimum atomic E-state index is 0.148. The van der Waals surface area contributed by atoms with Crippen molar-refractivity contribution in [3.05, 3.63) is 114 Å². The van der Waals surface area contributed by atoms with Crippen LogP contribution in [0, 0.1) is 29.1 Å². The Morgan fingerprint density at radius 1 is 0.581 bits per heavy atom. The summed E-state index contributed by atoms with van der Waals surface area (Å²) in [7, 11) is 0. The zero-order valence-corrected chi connectivity index (χ0v) is 24.9. The fourth-order valence-electron chi connectivity index (χ4n) is 7.96. The highest BCUT2D eigenvalue weighted by molar-refractivity contribution is 5.74. The van der Waals surface area contributed by atoms with Gasteiger partial charge < -0.3 is 0 Å². The predicted molar refractivity (Wildman–Crippen MR) is 173 cm³/mol. The van der Waals surface area contributed by atoms with Crippen molar-refractivity contribution in [3.8, 4) is 51.4 Å². The molecule has 1 heterocycles. The summed E-state index contributed by atoms with van der Waals surface area (Å²) in [5.41, 5.74) is 7.40. The number of hydrogen-bond donors (Lipinski definition) is 0. The van der Waals surface area contributed by atoms with Crippen molar-refractivity contribution in [2.24, 2.45) is 17.8 Å². The molecule has 2 unspecified atom stereocenters. The summed E-state index contributed by atoms with van der Waals surface area (Å²) < 4.78 is 0. The van der Waals surface area contributed by atoms with E-state index >= 15 is 0 Å². The van der Waals surface area contributed by atoms with Crippen molar-refractivity contribution in [2.75, 3.05) is 0 Å². The minimum Gasteiger partial charge on any atom is -0.208 e. The molecule has 4 atom stereocenters. The fourth-order valence-corrected chi connectivity index (χ4v) is 7.96. The van der Waals surface area contributed by atoms with Crippen molar-refractivity contribution >= 4 is 0 Å². The van der Waals surface area contributed by atoms with Crippen LogP contribution in [0.15, 0.2) is 103 Å². The topological polar surface area (TPSA) is 62.5 Å². The van der Waals surface area contributed by atoms with Gasteiger partial charge >= 0.3 is 0 Å². The third kappa shape index (κ3) is 5.48. The molecular weight excluding hydrogens is 524 g/mol. The SMILES string of the molecule is C[C@@H]1CC2C[C@H](C)CC(c3cc(-c4ccc(C#N)cc4)cc(-c4nc(-c5ccccc5)nc(-c5ccccc5)n4)c3)(C2)C1. The third-order valence-electron chi connectivity index (χ3n) is 9.48. The summed E-state index contributed by atoms with van der Waals surface area (Å²) >= 11 is 0. The lowest BCUT2D eigenvalue weighted by atomic mass is 9.54. The lowest BCUT2D eigenvalue weighted by molar-refractivity contribution is 0.0781. The van der Waals surface area contributed by atoms with Gasteiger partial charge in [0.2, 0.25) is 0 Å². The maximum atomic E-state index is 9.42. The van der Waals surface area contributed by atoms with Gasteiger partial charge in [-0.05, 0) is 96.2 Å². The van der Waals surface area contributed by atoms with Gasteiger partial charge in [0, 0.05) is 16.7 Å². The molecule has 0 aliphatic heterocycles. The Morgan fingerprint density at radius 2 is 1.09 bits per heavy atom. The van der Waals surface area contributed by atoms with Crippen LogP contribution in [-0.2, 0) is 5.41 Å². The zero-order chi connectivity index (χ0) is 29.4. The molecule has 0 saturated heterocycles. The Balaban J connectivity index is 1.44. The van der Waals surface area contributed by atoms with Crippen molar-refractivity contribution in [2.45, 2.75) is 51.4 Å². The van der Waals surface area contributed by atoms with Crippen LogP contribution >= 0.6 is 0 Å². The molecule has 43 heavy (non-hydrogen) atoms. The van der Waals surface area contributed by atoms with Gasteiger partial charge in [-0.25, -0.2) is 15.0 Å². The Kier molecular flexibility index (Phi) is 7.11. The van der Waals surface area contributed by atoms with Crippen molar-refractivity contribution in [1.29, 1.82) is 5.26 Å². The van der Waals surface area contributed by atoms with Gasteiger partial charge in [-0.3, -0.25) is 0 Å². The average molecular weight is 561 g/mol. The first-order valence-electron chi connectivity index (χ1n) is 15.5. The lowest BCUT2D eigenvalue weighted by Crippen LogP contribution is -2.42. The Labute approximate surface area is 254 Å². The van der Waals surface area contributed by atoms with Gasteiger partial charge in [-0.1, -0.05) is 92.7 Å². The molecule has 4 nitrogen and oxygen atoms in total. The van der Waals surface area contributed by atoms with Crippen molar-refractivity contribution in [1.82, 2.24) is 15.0 Å². The summed E-state index contributed by atoms with van der Waals surface area (Å²) in [6, 6.07) is 37.5. The molecule has 4 heteroatoms. The van der Waals surface area contributed by atoms with Gasteiger partial charge in [0.1, 0.15) is 0 Å². The highest BCUT2D eigenvalue weighted by atomic mass is 15.0. The van der Waals surface area contributed by atoms with Crippen LogP contribution in [0.25, 0.3) is 45.3 Å². The van der Waals surface area contributed by atoms with Gasteiger partial charge in [-0.2, -0.15) is 5.26 Å². The van der Waals surface area contributed by atoms with E-state index in [2.05, 4.69) is 74.5 Å². The molecule has 2 fully saturated rings. The van der Waals surface area contributed by atoms with E-state index in [0.717, 1.165) is 33.7 Å². The van der Waals surface area contributed by atoms with E-state index in [9.17, 15) is 5.26 Å². The van der Waals surface area contributed by atoms with Crippen molar-refractivity contribution < 1.29 is 0 Å². The molecule has 0 spiro atoms. The van der Waals surface area contributed by atoms with Crippen LogP contribution in [-0.4, -0.2) is 15.0 Å². The Morgan fingerprint density at radius 3 is 1.63 bits per heavy atom. The first-order valence-corrected chi connectivity index (χ1v) is 15.5. The number of benzene rings is 4. The molecule has 2 aliphatic rings. The van der Waals surface area contributed by atoms with Gasteiger partial charge in [0.25, 0.3) is 0 Å². The molecule has 2 saturated carbocycles. The van der Waals surface area contributed by atoms with E-state index in [1.54, 1.807) is 0 Å². The van der Waals surface area contributed by atoms with Gasteiger partial charge in [-0.15, -0.1) is 0 Å². The van der Waals surface area contributed by atoms with Crippen LogP contribution in [0.3, 0.4) is 0 Å². The fraction of sp³-hybridized carbons (Fsp3) is 0.282. The molecule has 0 amide bonds. The Hall–Kier alpha value is -4.62. The normalized spacial score (nSPS) is 23.0. The molecule has 4 aromatic carbocycles. The zero-order valence-electron chi connectivity index (χ0n) is 24.9. The minimum absolute atomic E-state index is 0.148. The summed E-state index contributed by atoms with van der Waals surface area (Å²) in [6.07, 6.45) is 6.35. The molecule has 7 rings (SSSR count). The van der Waals surface area contributed by atoms with E-state index in [1.165, 1.54) is 37.7 Å². The Bertz CT molecular complexity index is 1710. The quantitative estimate of drug-likeness (QED) is 0.215. The largest absolute Gasteiger partial charge is 0.208 e. The molecule has 0 radical (unpaired) electrons. The number of rotatable bonds is 5. The lowest BCUT2D eigenvalue weighted by Gasteiger charge is -2.50.